The number of nitrogens with two attached hydrogens (primary N) is 1. The van der Waals surface area contributed by atoms with Crippen molar-refractivity contribution < 1.29 is 4.79 Å². The van der Waals surface area contributed by atoms with E-state index in [9.17, 15) is 4.79 Å². The zero-order valence-electron chi connectivity index (χ0n) is 6.79. The van der Waals surface area contributed by atoms with Crippen molar-refractivity contribution in [3.8, 4) is 0 Å². The third-order valence-corrected chi connectivity index (χ3v) is 0.950. The van der Waals surface area contributed by atoms with Crippen molar-refractivity contribution in [1.82, 2.24) is 9.80 Å². The van der Waals surface area contributed by atoms with Gasteiger partial charge in [0.15, 0.2) is 0 Å². The summed E-state index contributed by atoms with van der Waals surface area (Å²) in [4.78, 5) is 14.2. The van der Waals surface area contributed by atoms with Crippen LogP contribution in [-0.4, -0.2) is 50.1 Å². The molecule has 0 aliphatic carbocycles. The minimum Gasteiger partial charge on any atom is -0.369 e. The maximum atomic E-state index is 10.4. The van der Waals surface area contributed by atoms with E-state index in [0.29, 0.717) is 6.54 Å². The smallest absolute Gasteiger partial charge is 0.231 e. The second kappa shape index (κ2) is 4.24. The third-order valence-electron chi connectivity index (χ3n) is 0.950. The number of nitrogens with zero attached hydrogens (tertiary/aromatic N) is 2. The normalized spacial score (nSPS) is 10.9. The minimum atomic E-state index is -0.288. The van der Waals surface area contributed by atoms with E-state index in [1.54, 1.807) is 0 Å². The van der Waals surface area contributed by atoms with Crippen molar-refractivity contribution in [3.63, 3.8) is 0 Å². The average molecular weight is 145 g/mol. The van der Waals surface area contributed by atoms with Gasteiger partial charge < -0.3 is 5.73 Å². The quantitative estimate of drug-likeness (QED) is 0.512. The Morgan fingerprint density at radius 1 is 1.40 bits per heavy atom. The molecule has 0 aromatic rings. The van der Waals surface area contributed by atoms with Crippen molar-refractivity contribution in [2.45, 2.75) is 0 Å². The lowest BCUT2D eigenvalue weighted by atomic mass is 10.5. The molecule has 0 atom stereocenters. The number of carbonyl (C=O) groups is 1. The molecule has 0 aromatic heterocycles. The summed E-state index contributed by atoms with van der Waals surface area (Å²) in [7, 11) is 5.74. The number of hydrogen-bond acceptors (Lipinski definition) is 3. The first-order valence-corrected chi connectivity index (χ1v) is 3.14. The molecule has 0 bridgehead atoms. The van der Waals surface area contributed by atoms with Crippen molar-refractivity contribution in [1.29, 1.82) is 0 Å². The van der Waals surface area contributed by atoms with Gasteiger partial charge in [-0.1, -0.05) is 0 Å². The Morgan fingerprint density at radius 2 is 1.90 bits per heavy atom. The predicted molar refractivity (Wildman–Crippen MR) is 40.4 cm³/mol. The zero-order chi connectivity index (χ0) is 8.15. The van der Waals surface area contributed by atoms with Crippen LogP contribution in [0.2, 0.25) is 0 Å². The summed E-state index contributed by atoms with van der Waals surface area (Å²) < 4.78 is 0. The highest BCUT2D eigenvalue weighted by Crippen LogP contribution is 1.81. The Balaban J connectivity index is 3.43. The molecule has 4 heteroatoms. The summed E-state index contributed by atoms with van der Waals surface area (Å²) in [5, 5.41) is 0. The highest BCUT2D eigenvalue weighted by molar-refractivity contribution is 5.75. The summed E-state index contributed by atoms with van der Waals surface area (Å²) in [5.41, 5.74) is 4.97. The van der Waals surface area contributed by atoms with Gasteiger partial charge in [-0.25, -0.2) is 0 Å². The summed E-state index contributed by atoms with van der Waals surface area (Å²) in [6, 6.07) is 0. The standard InChI is InChI=1S/C6H15N3O/c1-8(2)5-9(3)4-6(7)10/h4-5H2,1-3H3,(H2,7,10). The summed E-state index contributed by atoms with van der Waals surface area (Å²) >= 11 is 0. The second-order valence-electron chi connectivity index (χ2n) is 2.70. The molecule has 2 N–H and O–H groups in total. The molecule has 60 valence electrons. The molecule has 4 nitrogen and oxygen atoms in total. The molecule has 0 saturated heterocycles. The number of carbonyl (C=O) groups excluding carboxylic acids is 1. The third kappa shape index (κ3) is 5.53. The van der Waals surface area contributed by atoms with Crippen molar-refractivity contribution in [2.24, 2.45) is 5.73 Å². The van der Waals surface area contributed by atoms with Crippen LogP contribution in [0.3, 0.4) is 0 Å². The maximum absolute atomic E-state index is 10.4. The summed E-state index contributed by atoms with van der Waals surface area (Å²) in [6.07, 6.45) is 0. The van der Waals surface area contributed by atoms with Crippen LogP contribution >= 0.6 is 0 Å². The molecule has 0 aliphatic heterocycles. The fourth-order valence-electron chi connectivity index (χ4n) is 0.799. The van der Waals surface area contributed by atoms with Crippen LogP contribution in [-0.2, 0) is 4.79 Å². The molecule has 0 radical (unpaired) electrons. The van der Waals surface area contributed by atoms with Crippen molar-refractivity contribution in [3.05, 3.63) is 0 Å². The Hall–Kier alpha value is -0.610. The van der Waals surface area contributed by atoms with Crippen LogP contribution in [0.1, 0.15) is 0 Å². The number of rotatable bonds is 4. The van der Waals surface area contributed by atoms with Gasteiger partial charge in [-0.3, -0.25) is 14.6 Å². The lowest BCUT2D eigenvalue weighted by Gasteiger charge is -2.18. The SMILES string of the molecule is CN(C)CN(C)CC(N)=O. The van der Waals surface area contributed by atoms with Gasteiger partial charge >= 0.3 is 0 Å². The van der Waals surface area contributed by atoms with E-state index in [2.05, 4.69) is 0 Å². The van der Waals surface area contributed by atoms with Crippen LogP contribution in [0.25, 0.3) is 0 Å². The summed E-state index contributed by atoms with van der Waals surface area (Å²) in [6.45, 7) is 1.07. The molecular weight excluding hydrogens is 130 g/mol. The van der Waals surface area contributed by atoms with E-state index in [1.807, 2.05) is 30.9 Å². The highest BCUT2D eigenvalue weighted by atomic mass is 16.1. The highest BCUT2D eigenvalue weighted by Gasteiger charge is 2.01. The first kappa shape index (κ1) is 9.39. The Labute approximate surface area is 61.6 Å². The molecule has 1 amide bonds. The molecule has 0 rings (SSSR count). The maximum Gasteiger partial charge on any atom is 0.231 e. The van der Waals surface area contributed by atoms with Gasteiger partial charge in [-0.15, -0.1) is 0 Å². The molecule has 0 unspecified atom stereocenters. The van der Waals surface area contributed by atoms with Gasteiger partial charge in [0, 0.05) is 0 Å². The van der Waals surface area contributed by atoms with Crippen molar-refractivity contribution in [2.75, 3.05) is 34.4 Å². The monoisotopic (exact) mass is 145 g/mol. The van der Waals surface area contributed by atoms with Crippen LogP contribution in [0.4, 0.5) is 0 Å². The lowest BCUT2D eigenvalue weighted by Crippen LogP contribution is -2.36. The largest absolute Gasteiger partial charge is 0.369 e. The van der Waals surface area contributed by atoms with Crippen LogP contribution < -0.4 is 5.73 Å². The molecule has 10 heavy (non-hydrogen) atoms. The Bertz CT molecular complexity index is 114. The first-order valence-electron chi connectivity index (χ1n) is 3.14. The van der Waals surface area contributed by atoms with Crippen LogP contribution in [0, 0.1) is 0 Å². The van der Waals surface area contributed by atoms with Gasteiger partial charge in [0.2, 0.25) is 5.91 Å². The van der Waals surface area contributed by atoms with E-state index in [4.69, 9.17) is 5.73 Å². The zero-order valence-corrected chi connectivity index (χ0v) is 6.79. The molecule has 0 aromatic carbocycles. The Morgan fingerprint density at radius 3 is 2.20 bits per heavy atom. The minimum absolute atomic E-state index is 0.288. The van der Waals surface area contributed by atoms with Gasteiger partial charge in [-0.05, 0) is 21.1 Å². The van der Waals surface area contributed by atoms with Gasteiger partial charge in [0.25, 0.3) is 0 Å². The average Bonchev–Trinajstić information content (AvgIpc) is 1.58. The van der Waals surface area contributed by atoms with Gasteiger partial charge in [-0.2, -0.15) is 0 Å². The van der Waals surface area contributed by atoms with E-state index in [1.165, 1.54) is 0 Å². The van der Waals surface area contributed by atoms with E-state index >= 15 is 0 Å². The molecule has 0 aliphatic rings. The van der Waals surface area contributed by atoms with Gasteiger partial charge in [0.05, 0.1) is 13.2 Å². The lowest BCUT2D eigenvalue weighted by molar-refractivity contribution is -0.119. The first-order chi connectivity index (χ1) is 4.52. The molecule has 0 spiro atoms. The van der Waals surface area contributed by atoms with E-state index in [-0.39, 0.29) is 5.91 Å². The topological polar surface area (TPSA) is 49.6 Å². The molecule has 0 heterocycles. The fraction of sp³-hybridized carbons (Fsp3) is 0.833. The second-order valence-corrected chi connectivity index (χ2v) is 2.70. The predicted octanol–water partition coefficient (Wildman–Crippen LogP) is -1.08. The Kier molecular flexibility index (Phi) is 3.99. The van der Waals surface area contributed by atoms with E-state index in [0.717, 1.165) is 6.67 Å². The van der Waals surface area contributed by atoms with Gasteiger partial charge in [0.1, 0.15) is 0 Å². The molecule has 0 fully saturated rings. The number of amides is 1. The fourth-order valence-corrected chi connectivity index (χ4v) is 0.799. The number of likely N-dealkylation sites (N-methyl/N-ethyl adjacent to an activating group) is 1. The summed E-state index contributed by atoms with van der Waals surface area (Å²) in [5.74, 6) is -0.288. The number of hydrogen-bond donors (Lipinski definition) is 1. The van der Waals surface area contributed by atoms with Crippen LogP contribution in [0.15, 0.2) is 0 Å². The van der Waals surface area contributed by atoms with Crippen molar-refractivity contribution >= 4 is 5.91 Å². The molecule has 0 saturated carbocycles. The number of primary amides is 1. The van der Waals surface area contributed by atoms with E-state index < -0.39 is 0 Å². The van der Waals surface area contributed by atoms with Crippen LogP contribution in [0.5, 0.6) is 0 Å². The molecular formula is C6H15N3O.